The Morgan fingerprint density at radius 3 is 2.57 bits per heavy atom. The van der Waals surface area contributed by atoms with Gasteiger partial charge in [-0.05, 0) is 24.0 Å². The van der Waals surface area contributed by atoms with Crippen LogP contribution in [0, 0.1) is 5.41 Å². The lowest BCUT2D eigenvalue weighted by Gasteiger charge is -2.34. The van der Waals surface area contributed by atoms with E-state index in [0.717, 1.165) is 55.7 Å². The van der Waals surface area contributed by atoms with Gasteiger partial charge in [-0.25, -0.2) is 4.98 Å². The van der Waals surface area contributed by atoms with E-state index in [1.807, 2.05) is 38.3 Å². The third-order valence-electron chi connectivity index (χ3n) is 8.12. The van der Waals surface area contributed by atoms with Crippen LogP contribution in [0.2, 0.25) is 0 Å². The quantitative estimate of drug-likeness (QED) is 0.442. The molecule has 11 nitrogen and oxygen atoms in total. The number of methoxy groups -OCH3 is 1. The summed E-state index contributed by atoms with van der Waals surface area (Å²) < 4.78 is 10.7. The normalized spacial score (nSPS) is 23.7. The summed E-state index contributed by atoms with van der Waals surface area (Å²) in [6.07, 6.45) is -0.0764. The van der Waals surface area contributed by atoms with E-state index in [9.17, 15) is 14.4 Å². The smallest absolute Gasteiger partial charge is 0.251 e. The third kappa shape index (κ3) is 6.84. The highest BCUT2D eigenvalue weighted by Gasteiger charge is 2.52. The van der Waals surface area contributed by atoms with E-state index in [1.165, 1.54) is 4.90 Å². The van der Waals surface area contributed by atoms with Crippen LogP contribution in [0.5, 0.6) is 0 Å². The van der Waals surface area contributed by atoms with Crippen molar-refractivity contribution in [3.63, 3.8) is 0 Å². The molecule has 5 rings (SSSR count). The maximum atomic E-state index is 13.7. The number of nitrogens with zero attached hydrogens (tertiary/aromatic N) is 4. The van der Waals surface area contributed by atoms with Crippen LogP contribution >= 0.6 is 11.3 Å². The van der Waals surface area contributed by atoms with Crippen LogP contribution in [0.1, 0.15) is 37.6 Å². The second-order valence-corrected chi connectivity index (χ2v) is 13.4. The number of anilines is 1. The van der Waals surface area contributed by atoms with E-state index >= 15 is 0 Å². The summed E-state index contributed by atoms with van der Waals surface area (Å²) in [5.74, 6) is -0.790. The van der Waals surface area contributed by atoms with E-state index in [0.29, 0.717) is 12.0 Å². The minimum Gasteiger partial charge on any atom is -0.383 e. The number of thiazole rings is 1. The number of ketones is 1. The molecule has 4 heterocycles. The second-order valence-electron chi connectivity index (χ2n) is 12.5. The van der Waals surface area contributed by atoms with Crippen molar-refractivity contribution in [2.45, 2.75) is 51.4 Å². The summed E-state index contributed by atoms with van der Waals surface area (Å²) in [4.78, 5) is 50.6. The van der Waals surface area contributed by atoms with Gasteiger partial charge in [0, 0.05) is 62.9 Å². The van der Waals surface area contributed by atoms with E-state index in [4.69, 9.17) is 20.2 Å². The fourth-order valence-corrected chi connectivity index (χ4v) is 6.78. The van der Waals surface area contributed by atoms with Crippen molar-refractivity contribution < 1.29 is 23.9 Å². The zero-order valence-electron chi connectivity index (χ0n) is 24.9. The molecule has 0 spiro atoms. The number of carbonyl (C=O) groups is 3. The maximum Gasteiger partial charge on any atom is 0.251 e. The molecule has 3 aliphatic rings. The molecule has 12 heteroatoms. The van der Waals surface area contributed by atoms with Gasteiger partial charge in [0.1, 0.15) is 24.8 Å². The van der Waals surface area contributed by atoms with Crippen molar-refractivity contribution in [1.29, 1.82) is 0 Å². The molecule has 1 aromatic carbocycles. The molecular weight excluding hydrogens is 556 g/mol. The molecule has 3 N–H and O–H groups in total. The Hall–Kier alpha value is -2.90. The SMILES string of the molecule is COCCN1CCN(c2nc(-c3ccc(C(=O)N[C@@H](CC(C)(C)C)C(=O)N4C[C@@H](N)[C@H]5OCC(=O)[C@H]54)cc3)cs2)CC1. The van der Waals surface area contributed by atoms with Crippen molar-refractivity contribution >= 4 is 34.1 Å². The number of benzene rings is 1. The first-order valence-corrected chi connectivity index (χ1v) is 15.5. The zero-order chi connectivity index (χ0) is 30.0. The van der Waals surface area contributed by atoms with Crippen molar-refractivity contribution in [2.75, 3.05) is 64.5 Å². The fraction of sp³-hybridized carbons (Fsp3) is 0.600. The van der Waals surface area contributed by atoms with Crippen LogP contribution in [0.3, 0.4) is 0 Å². The molecule has 3 aliphatic heterocycles. The van der Waals surface area contributed by atoms with E-state index in [-0.39, 0.29) is 36.2 Å². The molecular formula is C30H42N6O5S. The lowest BCUT2D eigenvalue weighted by Crippen LogP contribution is -2.53. The number of ether oxygens (including phenoxy) is 2. The molecule has 2 amide bonds. The maximum absolute atomic E-state index is 13.7. The molecule has 2 aromatic rings. The van der Waals surface area contributed by atoms with Gasteiger partial charge in [-0.2, -0.15) is 0 Å². The van der Waals surface area contributed by atoms with E-state index < -0.39 is 24.2 Å². The molecule has 0 bridgehead atoms. The van der Waals surface area contributed by atoms with Crippen LogP contribution < -0.4 is 16.0 Å². The van der Waals surface area contributed by atoms with Gasteiger partial charge in [0.05, 0.1) is 18.3 Å². The first kappa shape index (κ1) is 30.6. The number of rotatable bonds is 9. The summed E-state index contributed by atoms with van der Waals surface area (Å²) in [6, 6.07) is 5.37. The molecule has 0 radical (unpaired) electrons. The van der Waals surface area contributed by atoms with Gasteiger partial charge >= 0.3 is 0 Å². The van der Waals surface area contributed by atoms with Gasteiger partial charge in [0.15, 0.2) is 10.9 Å². The number of amides is 2. The minimum absolute atomic E-state index is 0.0402. The molecule has 0 saturated carbocycles. The van der Waals surface area contributed by atoms with Crippen molar-refractivity contribution in [1.82, 2.24) is 20.1 Å². The fourth-order valence-electron chi connectivity index (χ4n) is 5.89. The average Bonchev–Trinajstić information content (AvgIpc) is 3.69. The number of piperazine rings is 1. The van der Waals surface area contributed by atoms with Gasteiger partial charge in [-0.3, -0.25) is 19.3 Å². The topological polar surface area (TPSA) is 130 Å². The largest absolute Gasteiger partial charge is 0.383 e. The lowest BCUT2D eigenvalue weighted by molar-refractivity contribution is -0.138. The van der Waals surface area contributed by atoms with E-state index in [2.05, 4.69) is 15.1 Å². The first-order valence-electron chi connectivity index (χ1n) is 14.6. The first-order chi connectivity index (χ1) is 20.0. The van der Waals surface area contributed by atoms with Crippen LogP contribution in [0.15, 0.2) is 29.6 Å². The monoisotopic (exact) mass is 598 g/mol. The molecule has 42 heavy (non-hydrogen) atoms. The molecule has 0 aliphatic carbocycles. The highest BCUT2D eigenvalue weighted by atomic mass is 32.1. The van der Waals surface area contributed by atoms with Crippen LogP contribution in [0.25, 0.3) is 11.3 Å². The number of hydrogen-bond donors (Lipinski definition) is 2. The van der Waals surface area contributed by atoms with Gasteiger partial charge in [-0.1, -0.05) is 32.9 Å². The molecule has 1 aromatic heterocycles. The Morgan fingerprint density at radius 2 is 1.90 bits per heavy atom. The number of likely N-dealkylation sites (tertiary alicyclic amines) is 1. The van der Waals surface area contributed by atoms with Crippen LogP contribution in [-0.4, -0.2) is 116 Å². The van der Waals surface area contributed by atoms with Crippen molar-refractivity contribution in [3.05, 3.63) is 35.2 Å². The molecule has 0 unspecified atom stereocenters. The lowest BCUT2D eigenvalue weighted by atomic mass is 9.87. The highest BCUT2D eigenvalue weighted by Crippen LogP contribution is 2.30. The predicted molar refractivity (Wildman–Crippen MR) is 162 cm³/mol. The predicted octanol–water partition coefficient (Wildman–Crippen LogP) is 1.62. The van der Waals surface area contributed by atoms with Crippen molar-refractivity contribution in [3.8, 4) is 11.3 Å². The van der Waals surface area contributed by atoms with Gasteiger partial charge in [-0.15, -0.1) is 11.3 Å². The summed E-state index contributed by atoms with van der Waals surface area (Å²) in [5.41, 5.74) is 8.18. The summed E-state index contributed by atoms with van der Waals surface area (Å²) in [5, 5.41) is 5.98. The Morgan fingerprint density at radius 1 is 1.19 bits per heavy atom. The van der Waals surface area contributed by atoms with Crippen LogP contribution in [-0.2, 0) is 19.1 Å². The Kier molecular flexibility index (Phi) is 9.28. The standard InChI is InChI=1S/C30H42N6O5S/c1-30(2,3)15-22(28(39)36-16-21(31)26-25(36)24(37)17-41-26)32-27(38)20-7-5-19(6-8-20)23-18-42-29(33-23)35-11-9-34(10-12-35)13-14-40-4/h5-8,18,21-22,25-26H,9-17,31H2,1-4H3,(H,32,38)/t21-,22+,25-,26-/m1/s1. The number of carbonyl (C=O) groups excluding carboxylic acids is 3. The molecule has 228 valence electrons. The summed E-state index contributed by atoms with van der Waals surface area (Å²) in [6.45, 7) is 11.7. The molecule has 4 atom stereocenters. The third-order valence-corrected chi connectivity index (χ3v) is 9.02. The molecule has 3 saturated heterocycles. The Bertz CT molecular complexity index is 1270. The van der Waals surface area contributed by atoms with Gasteiger partial charge in [0.2, 0.25) is 5.91 Å². The zero-order valence-corrected chi connectivity index (χ0v) is 25.7. The number of nitrogens with one attached hydrogen (secondary N) is 1. The molecule has 3 fully saturated rings. The van der Waals surface area contributed by atoms with Crippen LogP contribution in [0.4, 0.5) is 5.13 Å². The number of hydrogen-bond acceptors (Lipinski definition) is 10. The highest BCUT2D eigenvalue weighted by molar-refractivity contribution is 7.14. The van der Waals surface area contributed by atoms with Gasteiger partial charge in [0.25, 0.3) is 5.91 Å². The summed E-state index contributed by atoms with van der Waals surface area (Å²) in [7, 11) is 1.73. The van der Waals surface area contributed by atoms with Gasteiger partial charge < -0.3 is 30.3 Å². The number of nitrogens with two attached hydrogens (primary N) is 1. The number of fused-ring (bicyclic) bond motifs is 1. The minimum atomic E-state index is -0.799. The number of Topliss-reactive ketones (excluding diaryl/α,β-unsaturated/α-hetero) is 1. The summed E-state index contributed by atoms with van der Waals surface area (Å²) >= 11 is 1.62. The Labute approximate surface area is 251 Å². The van der Waals surface area contributed by atoms with Crippen molar-refractivity contribution in [2.24, 2.45) is 11.1 Å². The number of aromatic nitrogens is 1. The van der Waals surface area contributed by atoms with E-state index in [1.54, 1.807) is 30.6 Å². The second kappa shape index (κ2) is 12.8. The average molecular weight is 599 g/mol. The Balaban J connectivity index is 1.23.